The zero-order chi connectivity index (χ0) is 24.2. The highest BCUT2D eigenvalue weighted by Gasteiger charge is 2.13. The fourth-order valence-corrected chi connectivity index (χ4v) is 4.51. The van der Waals surface area contributed by atoms with Crippen LogP contribution in [0, 0.1) is 13.8 Å². The van der Waals surface area contributed by atoms with Crippen LogP contribution in [0.1, 0.15) is 29.6 Å². The van der Waals surface area contributed by atoms with Crippen molar-refractivity contribution >= 4 is 33.7 Å². The van der Waals surface area contributed by atoms with E-state index in [9.17, 15) is 4.79 Å². The fourth-order valence-electron chi connectivity index (χ4n) is 3.87. The van der Waals surface area contributed by atoms with Crippen LogP contribution in [0.3, 0.4) is 0 Å². The molecule has 0 fully saturated rings. The van der Waals surface area contributed by atoms with Gasteiger partial charge in [0, 0.05) is 58.9 Å². The highest BCUT2D eigenvalue weighted by atomic mass is 32.1. The van der Waals surface area contributed by atoms with Crippen molar-refractivity contribution < 1.29 is 4.74 Å². The van der Waals surface area contributed by atoms with Crippen LogP contribution in [0.2, 0.25) is 0 Å². The zero-order valence-corrected chi connectivity index (χ0v) is 20.9. The fraction of sp³-hybridized carbons (Fsp3) is 0.222. The largest absolute Gasteiger partial charge is 0.494 e. The Kier molecular flexibility index (Phi) is 6.93. The second-order valence-electron chi connectivity index (χ2n) is 8.08. The van der Waals surface area contributed by atoms with Crippen LogP contribution < -0.4 is 10.9 Å². The molecule has 0 amide bonds. The molecule has 0 saturated carbocycles. The van der Waals surface area contributed by atoms with E-state index in [-0.39, 0.29) is 5.56 Å². The van der Waals surface area contributed by atoms with E-state index in [1.807, 2.05) is 68.9 Å². The van der Waals surface area contributed by atoms with Gasteiger partial charge in [0.15, 0.2) is 10.8 Å². The third-order valence-corrected chi connectivity index (χ3v) is 6.42. The molecule has 0 radical (unpaired) electrons. The van der Waals surface area contributed by atoms with Crippen molar-refractivity contribution in [3.63, 3.8) is 0 Å². The van der Waals surface area contributed by atoms with Gasteiger partial charge in [-0.2, -0.15) is 0 Å². The maximum atomic E-state index is 13.3. The Balaban J connectivity index is 1.75. The van der Waals surface area contributed by atoms with E-state index in [0.29, 0.717) is 11.3 Å². The minimum atomic E-state index is -0.0343. The maximum Gasteiger partial charge on any atom is 0.258 e. The molecule has 1 N–H and O–H groups in total. The van der Waals surface area contributed by atoms with Crippen molar-refractivity contribution in [3.05, 3.63) is 92.6 Å². The number of allylic oxidation sites excluding steroid dienone is 2. The molecule has 0 aliphatic heterocycles. The second-order valence-corrected chi connectivity index (χ2v) is 8.97. The van der Waals surface area contributed by atoms with Crippen LogP contribution in [0.15, 0.2) is 70.7 Å². The monoisotopic (exact) mass is 472 g/mol. The summed E-state index contributed by atoms with van der Waals surface area (Å²) in [7, 11) is 3.45. The smallest absolute Gasteiger partial charge is 0.258 e. The van der Waals surface area contributed by atoms with Gasteiger partial charge in [0.25, 0.3) is 5.56 Å². The summed E-state index contributed by atoms with van der Waals surface area (Å²) in [6.45, 7) is 6.03. The first kappa shape index (κ1) is 23.4. The van der Waals surface area contributed by atoms with Gasteiger partial charge in [-0.25, -0.2) is 4.98 Å². The molecule has 3 aromatic heterocycles. The van der Waals surface area contributed by atoms with E-state index in [0.717, 1.165) is 50.5 Å². The van der Waals surface area contributed by atoms with Gasteiger partial charge in [-0.05, 0) is 55.7 Å². The molecule has 0 unspecified atom stereocenters. The molecule has 7 heteroatoms. The number of aromatic nitrogens is 3. The van der Waals surface area contributed by atoms with E-state index < -0.39 is 0 Å². The molecule has 6 nitrogen and oxygen atoms in total. The highest BCUT2D eigenvalue weighted by Crippen LogP contribution is 2.28. The minimum absolute atomic E-state index is 0.0343. The van der Waals surface area contributed by atoms with Gasteiger partial charge < -0.3 is 14.6 Å². The van der Waals surface area contributed by atoms with Gasteiger partial charge in [-0.15, -0.1) is 11.3 Å². The number of pyridine rings is 2. The third-order valence-electron chi connectivity index (χ3n) is 5.63. The molecular weight excluding hydrogens is 444 g/mol. The lowest BCUT2D eigenvalue weighted by atomic mass is 9.99. The molecule has 0 bridgehead atoms. The van der Waals surface area contributed by atoms with Crippen molar-refractivity contribution in [2.45, 2.75) is 27.2 Å². The molecular formula is C27H28N4O2S. The molecule has 3 heterocycles. The topological polar surface area (TPSA) is 69.0 Å². The Morgan fingerprint density at radius 2 is 2.00 bits per heavy atom. The molecule has 1 aromatic carbocycles. The number of anilines is 1. The summed E-state index contributed by atoms with van der Waals surface area (Å²) in [6.07, 6.45) is 8.48. The normalized spacial score (nSPS) is 12.3. The third kappa shape index (κ3) is 4.79. The Labute approximate surface area is 203 Å². The lowest BCUT2D eigenvalue weighted by Gasteiger charge is -2.14. The van der Waals surface area contributed by atoms with E-state index in [1.165, 1.54) is 11.3 Å². The SMILES string of the molecule is CCC=C(/C=C(\OC)c1nccs1)Nc1ccc(C)c(-c2cc3cnc(C)cc3n(C)c2=O)c1. The maximum absolute atomic E-state index is 13.3. The number of fused-ring (bicyclic) bond motifs is 1. The van der Waals surface area contributed by atoms with E-state index in [2.05, 4.69) is 28.3 Å². The minimum Gasteiger partial charge on any atom is -0.494 e. The molecule has 0 spiro atoms. The number of benzene rings is 1. The summed E-state index contributed by atoms with van der Waals surface area (Å²) in [6, 6.07) is 9.94. The molecule has 0 aliphatic rings. The molecule has 174 valence electrons. The number of hydrogen-bond donors (Lipinski definition) is 1. The summed E-state index contributed by atoms with van der Waals surface area (Å²) in [5, 5.41) is 7.16. The van der Waals surface area contributed by atoms with Gasteiger partial charge in [0.05, 0.1) is 12.6 Å². The Hall–Kier alpha value is -3.71. The zero-order valence-electron chi connectivity index (χ0n) is 20.0. The van der Waals surface area contributed by atoms with Gasteiger partial charge in [0.1, 0.15) is 0 Å². The van der Waals surface area contributed by atoms with Crippen molar-refractivity contribution in [2.24, 2.45) is 7.05 Å². The quantitative estimate of drug-likeness (QED) is 0.261. The number of methoxy groups -OCH3 is 1. The van der Waals surface area contributed by atoms with Gasteiger partial charge in [0.2, 0.25) is 0 Å². The number of ether oxygens (including phenoxy) is 1. The Bertz CT molecular complexity index is 1450. The van der Waals surface area contributed by atoms with Gasteiger partial charge in [-0.1, -0.05) is 19.1 Å². The first-order chi connectivity index (χ1) is 16.4. The average molecular weight is 473 g/mol. The lowest BCUT2D eigenvalue weighted by Crippen LogP contribution is -2.19. The summed E-state index contributed by atoms with van der Waals surface area (Å²) < 4.78 is 7.28. The van der Waals surface area contributed by atoms with Crippen molar-refractivity contribution in [3.8, 4) is 11.1 Å². The van der Waals surface area contributed by atoms with E-state index in [4.69, 9.17) is 4.74 Å². The van der Waals surface area contributed by atoms with Crippen LogP contribution in [-0.4, -0.2) is 21.6 Å². The molecule has 34 heavy (non-hydrogen) atoms. The van der Waals surface area contributed by atoms with Crippen LogP contribution in [0.25, 0.3) is 27.8 Å². The first-order valence-electron chi connectivity index (χ1n) is 11.1. The van der Waals surface area contributed by atoms with Crippen LogP contribution >= 0.6 is 11.3 Å². The molecule has 4 aromatic rings. The molecule has 0 saturated heterocycles. The predicted octanol–water partition coefficient (Wildman–Crippen LogP) is 6.07. The van der Waals surface area contributed by atoms with Crippen molar-refractivity contribution in [2.75, 3.05) is 12.4 Å². The molecule has 0 atom stereocenters. The first-order valence-corrected chi connectivity index (χ1v) is 12.0. The van der Waals surface area contributed by atoms with E-state index >= 15 is 0 Å². The molecule has 0 aliphatic carbocycles. The van der Waals surface area contributed by atoms with Crippen molar-refractivity contribution in [1.82, 2.24) is 14.5 Å². The highest BCUT2D eigenvalue weighted by molar-refractivity contribution is 7.10. The Morgan fingerprint density at radius 3 is 2.71 bits per heavy atom. The van der Waals surface area contributed by atoms with Gasteiger partial charge >= 0.3 is 0 Å². The Morgan fingerprint density at radius 1 is 1.18 bits per heavy atom. The number of hydrogen-bond acceptors (Lipinski definition) is 6. The number of nitrogens with one attached hydrogen (secondary N) is 1. The number of nitrogens with zero attached hydrogens (tertiary/aromatic N) is 3. The number of thiazole rings is 1. The summed E-state index contributed by atoms with van der Waals surface area (Å²) >= 11 is 1.53. The molecule has 4 rings (SSSR count). The van der Waals surface area contributed by atoms with Crippen LogP contribution in [0.5, 0.6) is 0 Å². The average Bonchev–Trinajstić information content (AvgIpc) is 3.36. The predicted molar refractivity (Wildman–Crippen MR) is 141 cm³/mol. The van der Waals surface area contributed by atoms with Crippen molar-refractivity contribution in [1.29, 1.82) is 0 Å². The number of rotatable bonds is 7. The van der Waals surface area contributed by atoms with Crippen LogP contribution in [-0.2, 0) is 11.8 Å². The van der Waals surface area contributed by atoms with Crippen LogP contribution in [0.4, 0.5) is 5.69 Å². The second kappa shape index (κ2) is 10.1. The summed E-state index contributed by atoms with van der Waals surface area (Å²) in [5.74, 6) is 0.695. The number of aryl methyl sites for hydroxylation is 3. The van der Waals surface area contributed by atoms with E-state index in [1.54, 1.807) is 17.9 Å². The van der Waals surface area contributed by atoms with Gasteiger partial charge in [-0.3, -0.25) is 9.78 Å². The summed E-state index contributed by atoms with van der Waals surface area (Å²) in [5.41, 5.74) is 6.08. The lowest BCUT2D eigenvalue weighted by molar-refractivity contribution is 0.369. The standard InChI is InChI=1S/C27H28N4O2S/c1-6-7-20(15-25(33-5)26-28-10-11-34-26)30-21-9-8-17(2)22(14-21)23-13-19-16-29-18(3)12-24(19)31(4)27(23)32/h7-16,30H,6H2,1-5H3/b20-7?,25-15-. The summed E-state index contributed by atoms with van der Waals surface area (Å²) in [4.78, 5) is 22.0.